The highest BCUT2D eigenvalue weighted by Gasteiger charge is 2.78. The molecule has 2 saturated carbocycles. The molecular formula is C33H42O11S. The van der Waals surface area contributed by atoms with Gasteiger partial charge in [0.2, 0.25) is 0 Å². The molecule has 5 rings (SSSR count). The van der Waals surface area contributed by atoms with Crippen molar-refractivity contribution >= 4 is 34.8 Å². The van der Waals surface area contributed by atoms with Crippen LogP contribution in [0.25, 0.3) is 0 Å². The Balaban J connectivity index is 1.84. The Kier molecular flexibility index (Phi) is 8.80. The minimum absolute atomic E-state index is 0.000294. The minimum Gasteiger partial charge on any atom is -0.455 e. The molecular weight excluding hydrogens is 604 g/mol. The average molecular weight is 647 g/mol. The summed E-state index contributed by atoms with van der Waals surface area (Å²) in [6.45, 7) is 9.56. The van der Waals surface area contributed by atoms with Crippen molar-refractivity contribution in [1.82, 2.24) is 0 Å². The summed E-state index contributed by atoms with van der Waals surface area (Å²) in [6.07, 6.45) is -6.32. The number of ketones is 1. The number of ether oxygens (including phenoxy) is 5. The Morgan fingerprint density at radius 1 is 1.11 bits per heavy atom. The number of carbonyl (C=O) groups excluding carboxylic acids is 4. The van der Waals surface area contributed by atoms with E-state index in [4.69, 9.17) is 23.7 Å². The zero-order chi connectivity index (χ0) is 33.1. The van der Waals surface area contributed by atoms with Crippen LogP contribution in [-0.2, 0) is 33.3 Å². The van der Waals surface area contributed by atoms with Gasteiger partial charge in [-0.05, 0) is 48.9 Å². The molecule has 9 atom stereocenters. The molecule has 2 bridgehead atoms. The van der Waals surface area contributed by atoms with Crippen LogP contribution in [0.5, 0.6) is 0 Å². The van der Waals surface area contributed by atoms with Gasteiger partial charge in [-0.25, -0.2) is 9.59 Å². The summed E-state index contributed by atoms with van der Waals surface area (Å²) in [4.78, 5) is 54.8. The van der Waals surface area contributed by atoms with Gasteiger partial charge < -0.3 is 33.9 Å². The third-order valence-corrected chi connectivity index (χ3v) is 11.2. The molecule has 4 aliphatic rings. The molecule has 3 fully saturated rings. The second kappa shape index (κ2) is 11.8. The van der Waals surface area contributed by atoms with Crippen LogP contribution in [0.2, 0.25) is 0 Å². The number of esters is 2. The maximum Gasteiger partial charge on any atom is 0.367 e. The van der Waals surface area contributed by atoms with E-state index in [0.717, 1.165) is 11.8 Å². The molecule has 1 aromatic rings. The first kappa shape index (κ1) is 33.6. The van der Waals surface area contributed by atoms with Gasteiger partial charge in [0, 0.05) is 38.0 Å². The molecule has 45 heavy (non-hydrogen) atoms. The molecule has 1 aromatic carbocycles. The van der Waals surface area contributed by atoms with Gasteiger partial charge in [0.15, 0.2) is 11.4 Å². The van der Waals surface area contributed by atoms with E-state index in [-0.39, 0.29) is 25.0 Å². The number of aliphatic hydroxyl groups excluding tert-OH is 1. The van der Waals surface area contributed by atoms with E-state index < -0.39 is 81.5 Å². The molecule has 246 valence electrons. The van der Waals surface area contributed by atoms with Crippen molar-refractivity contribution in [2.45, 2.75) is 96.1 Å². The van der Waals surface area contributed by atoms with Gasteiger partial charge in [0.1, 0.15) is 30.0 Å². The quantitative estimate of drug-likeness (QED) is 0.263. The number of Topliss-reactive ketones (excluding diaryl/α,β-unsaturated/α-hetero) is 1. The van der Waals surface area contributed by atoms with Gasteiger partial charge in [-0.1, -0.05) is 39.0 Å². The zero-order valence-electron chi connectivity index (χ0n) is 26.7. The van der Waals surface area contributed by atoms with Crippen molar-refractivity contribution < 1.29 is 53.1 Å². The first-order valence-electron chi connectivity index (χ1n) is 15.2. The lowest BCUT2D eigenvalue weighted by molar-refractivity contribution is -0.345. The zero-order valence-corrected chi connectivity index (χ0v) is 27.5. The first-order valence-corrected chi connectivity index (χ1v) is 16.2. The number of methoxy groups -OCH3 is 1. The van der Waals surface area contributed by atoms with Crippen LogP contribution < -0.4 is 0 Å². The van der Waals surface area contributed by atoms with E-state index in [1.54, 1.807) is 65.0 Å². The lowest BCUT2D eigenvalue weighted by atomic mass is 9.44. The van der Waals surface area contributed by atoms with Crippen LogP contribution >= 0.6 is 11.8 Å². The summed E-state index contributed by atoms with van der Waals surface area (Å²) >= 11 is 0.928. The molecule has 0 amide bonds. The monoisotopic (exact) mass is 646 g/mol. The lowest BCUT2D eigenvalue weighted by Gasteiger charge is -2.67. The number of rotatable bonds is 6. The maximum absolute atomic E-state index is 15.1. The van der Waals surface area contributed by atoms with Crippen molar-refractivity contribution in [3.63, 3.8) is 0 Å². The molecule has 0 aromatic heterocycles. The topological polar surface area (TPSA) is 155 Å². The Morgan fingerprint density at radius 2 is 1.78 bits per heavy atom. The number of hydrogen-bond donors (Lipinski definition) is 2. The molecule has 11 nitrogen and oxygen atoms in total. The van der Waals surface area contributed by atoms with Crippen LogP contribution in [0.1, 0.15) is 64.7 Å². The van der Waals surface area contributed by atoms with Crippen LogP contribution in [0, 0.1) is 16.7 Å². The fourth-order valence-corrected chi connectivity index (χ4v) is 8.69. The van der Waals surface area contributed by atoms with Crippen LogP contribution in [0.4, 0.5) is 4.79 Å². The van der Waals surface area contributed by atoms with Crippen molar-refractivity contribution in [2.75, 3.05) is 19.5 Å². The van der Waals surface area contributed by atoms with E-state index in [2.05, 4.69) is 0 Å². The summed E-state index contributed by atoms with van der Waals surface area (Å²) in [5, 5.41) is 23.8. The van der Waals surface area contributed by atoms with Crippen molar-refractivity contribution in [3.8, 4) is 0 Å². The molecule has 12 heteroatoms. The van der Waals surface area contributed by atoms with Crippen molar-refractivity contribution in [2.24, 2.45) is 16.7 Å². The second-order valence-corrected chi connectivity index (χ2v) is 14.4. The average Bonchev–Trinajstić information content (AvgIpc) is 2.97. The fourth-order valence-electron chi connectivity index (χ4n) is 8.27. The molecule has 2 N–H and O–H groups in total. The van der Waals surface area contributed by atoms with Gasteiger partial charge in [-0.3, -0.25) is 9.59 Å². The molecule has 1 aliphatic heterocycles. The van der Waals surface area contributed by atoms with E-state index in [9.17, 15) is 24.6 Å². The number of fused-ring (bicyclic) bond motifs is 5. The second-order valence-electron chi connectivity index (χ2n) is 13.2. The van der Waals surface area contributed by atoms with E-state index in [1.165, 1.54) is 14.0 Å². The SMILES string of the molecule is CCSC(=O)O[C@H]1C[C@H]2OC[C@@]2(OC(C)=O)[C@H]2[C@H](OC(=O)c3ccccc3)[C@]3(O)C[C@H](O)C(C)=C([C@@H](OC)C(=O)[C@]12C)C3(C)C. The number of benzene rings is 1. The van der Waals surface area contributed by atoms with E-state index >= 15 is 4.79 Å². The standard InChI is InChI=1S/C33H42O11S/c1-8-45-29(38)42-21-14-22-32(16-41-22,44-18(3)34)25-27(43-28(37)19-12-10-9-11-13-19)33(39)15-20(35)17(2)23(30(33,4)5)24(40-7)26(36)31(21,25)6/h9-13,20-22,24-25,27,35,39H,8,14-16H2,1-7H3/t20-,21-,22+,24+,25-,27-,31+,32-,33+/m0/s1. The van der Waals surface area contributed by atoms with Gasteiger partial charge in [-0.2, -0.15) is 0 Å². The van der Waals surface area contributed by atoms with Gasteiger partial charge in [0.25, 0.3) is 0 Å². The smallest absolute Gasteiger partial charge is 0.367 e. The Bertz CT molecular complexity index is 1410. The first-order chi connectivity index (χ1) is 21.1. The van der Waals surface area contributed by atoms with Gasteiger partial charge in [0.05, 0.1) is 29.6 Å². The van der Waals surface area contributed by atoms with Crippen molar-refractivity contribution in [3.05, 3.63) is 47.0 Å². The van der Waals surface area contributed by atoms with Gasteiger partial charge >= 0.3 is 17.2 Å². The van der Waals surface area contributed by atoms with Crippen molar-refractivity contribution in [1.29, 1.82) is 0 Å². The maximum atomic E-state index is 15.1. The summed E-state index contributed by atoms with van der Waals surface area (Å²) in [5.41, 5.74) is -5.65. The molecule has 0 unspecified atom stereocenters. The Morgan fingerprint density at radius 3 is 2.33 bits per heavy atom. The van der Waals surface area contributed by atoms with Crippen LogP contribution in [-0.4, -0.2) is 94.4 Å². The Labute approximate surface area is 266 Å². The molecule has 1 heterocycles. The minimum atomic E-state index is -2.04. The highest BCUT2D eigenvalue weighted by atomic mass is 32.2. The summed E-state index contributed by atoms with van der Waals surface area (Å²) < 4.78 is 30.2. The molecule has 0 spiro atoms. The van der Waals surface area contributed by atoms with Gasteiger partial charge in [-0.15, -0.1) is 0 Å². The third-order valence-electron chi connectivity index (χ3n) is 10.6. The molecule has 1 saturated heterocycles. The van der Waals surface area contributed by atoms with E-state index in [1.807, 2.05) is 0 Å². The number of carbonyl (C=O) groups is 4. The highest BCUT2D eigenvalue weighted by molar-refractivity contribution is 8.13. The number of thioether (sulfide) groups is 1. The third kappa shape index (κ3) is 4.95. The predicted octanol–water partition coefficient (Wildman–Crippen LogP) is 3.63. The van der Waals surface area contributed by atoms with Crippen LogP contribution in [0.3, 0.4) is 0 Å². The molecule has 0 radical (unpaired) electrons. The summed E-state index contributed by atoms with van der Waals surface area (Å²) in [6, 6.07) is 8.18. The number of aliphatic hydroxyl groups is 2. The normalized spacial score (nSPS) is 38.5. The van der Waals surface area contributed by atoms with Crippen LogP contribution in [0.15, 0.2) is 41.5 Å². The Hall–Kier alpha value is -2.77. The largest absolute Gasteiger partial charge is 0.455 e. The highest BCUT2D eigenvalue weighted by Crippen LogP contribution is 2.64. The van der Waals surface area contributed by atoms with E-state index in [0.29, 0.717) is 16.9 Å². The fraction of sp³-hybridized carbons (Fsp3) is 0.636. The summed E-state index contributed by atoms with van der Waals surface area (Å²) in [5.74, 6) is -2.85. The lowest BCUT2D eigenvalue weighted by Crippen LogP contribution is -2.82. The summed E-state index contributed by atoms with van der Waals surface area (Å²) in [7, 11) is 1.36. The molecule has 3 aliphatic carbocycles. The predicted molar refractivity (Wildman–Crippen MR) is 162 cm³/mol. The number of hydrogen-bond acceptors (Lipinski definition) is 12.